The molecule has 0 saturated heterocycles. The number of carbonyl (C=O) groups excluding carboxylic acids is 1. The summed E-state index contributed by atoms with van der Waals surface area (Å²) < 4.78 is 5.41. The lowest BCUT2D eigenvalue weighted by molar-refractivity contribution is -0.120. The van der Waals surface area contributed by atoms with Crippen molar-refractivity contribution in [3.8, 4) is 11.8 Å². The van der Waals surface area contributed by atoms with Gasteiger partial charge < -0.3 is 10.1 Å². The summed E-state index contributed by atoms with van der Waals surface area (Å²) in [6, 6.07) is 9.31. The van der Waals surface area contributed by atoms with Crippen LogP contribution in [0.15, 0.2) is 24.3 Å². The topological polar surface area (TPSA) is 62.1 Å². The molecule has 84 valence electrons. The van der Waals surface area contributed by atoms with Crippen LogP contribution in [0.1, 0.15) is 18.9 Å². The Kier molecular flexibility index (Phi) is 4.87. The van der Waals surface area contributed by atoms with Gasteiger partial charge in [0.1, 0.15) is 12.2 Å². The molecule has 0 heterocycles. The summed E-state index contributed by atoms with van der Waals surface area (Å²) >= 11 is 0. The highest BCUT2D eigenvalue weighted by Crippen LogP contribution is 2.17. The number of nitriles is 1. The van der Waals surface area contributed by atoms with Gasteiger partial charge in [-0.25, -0.2) is 0 Å². The van der Waals surface area contributed by atoms with Crippen LogP contribution in [-0.4, -0.2) is 12.5 Å². The molecule has 4 nitrogen and oxygen atoms in total. The molecule has 1 aromatic rings. The molecule has 1 amide bonds. The number of rotatable bonds is 5. The van der Waals surface area contributed by atoms with Gasteiger partial charge >= 0.3 is 0 Å². The van der Waals surface area contributed by atoms with Crippen LogP contribution in [0.3, 0.4) is 0 Å². The lowest BCUT2D eigenvalue weighted by Crippen LogP contribution is -2.22. The quantitative estimate of drug-likeness (QED) is 0.816. The summed E-state index contributed by atoms with van der Waals surface area (Å²) in [5.41, 5.74) is 0.913. The number of nitrogens with one attached hydrogen (secondary N) is 1. The van der Waals surface area contributed by atoms with Gasteiger partial charge in [-0.1, -0.05) is 18.2 Å². The first kappa shape index (κ1) is 12.1. The van der Waals surface area contributed by atoms with Crippen molar-refractivity contribution in [2.75, 3.05) is 6.61 Å². The van der Waals surface area contributed by atoms with Gasteiger partial charge in [0.25, 0.3) is 0 Å². The molecule has 0 atom stereocenters. The minimum atomic E-state index is -0.270. The summed E-state index contributed by atoms with van der Waals surface area (Å²) in [4.78, 5) is 11.1. The largest absolute Gasteiger partial charge is 0.494 e. The van der Waals surface area contributed by atoms with Crippen LogP contribution in [0.2, 0.25) is 0 Å². The fourth-order valence-corrected chi connectivity index (χ4v) is 1.27. The zero-order valence-corrected chi connectivity index (χ0v) is 9.19. The summed E-state index contributed by atoms with van der Waals surface area (Å²) in [5.74, 6) is 0.496. The van der Waals surface area contributed by atoms with Crippen LogP contribution in [0.25, 0.3) is 0 Å². The number of nitrogens with zero attached hydrogens (tertiary/aromatic N) is 1. The maximum absolute atomic E-state index is 11.1. The Bertz CT molecular complexity index is 396. The van der Waals surface area contributed by atoms with Crippen molar-refractivity contribution in [1.29, 1.82) is 5.26 Å². The maximum atomic E-state index is 11.1. The third-order valence-corrected chi connectivity index (χ3v) is 1.99. The van der Waals surface area contributed by atoms with Crippen LogP contribution in [0.5, 0.6) is 5.75 Å². The van der Waals surface area contributed by atoms with Crippen molar-refractivity contribution in [3.05, 3.63) is 29.8 Å². The number of carbonyl (C=O) groups is 1. The molecule has 4 heteroatoms. The number of ether oxygens (including phenoxy) is 1. The third kappa shape index (κ3) is 3.62. The molecule has 0 aliphatic carbocycles. The molecule has 0 aliphatic heterocycles. The molecule has 0 aliphatic rings. The summed E-state index contributed by atoms with van der Waals surface area (Å²) in [6.07, 6.45) is -0.114. The predicted octanol–water partition coefficient (Wildman–Crippen LogP) is 1.62. The zero-order valence-electron chi connectivity index (χ0n) is 9.19. The van der Waals surface area contributed by atoms with Gasteiger partial charge in [0.2, 0.25) is 5.91 Å². The molecular weight excluding hydrogens is 204 g/mol. The first-order valence-electron chi connectivity index (χ1n) is 5.12. The highest BCUT2D eigenvalue weighted by molar-refractivity contribution is 5.77. The second-order valence-corrected chi connectivity index (χ2v) is 3.15. The van der Waals surface area contributed by atoms with Crippen molar-refractivity contribution in [2.45, 2.75) is 19.9 Å². The van der Waals surface area contributed by atoms with Gasteiger partial charge in [0, 0.05) is 12.1 Å². The Balaban J connectivity index is 2.59. The summed E-state index contributed by atoms with van der Waals surface area (Å²) in [6.45, 7) is 2.88. The van der Waals surface area contributed by atoms with E-state index >= 15 is 0 Å². The minimum absolute atomic E-state index is 0.114. The Labute approximate surface area is 94.8 Å². The molecule has 1 aromatic carbocycles. The van der Waals surface area contributed by atoms with Gasteiger partial charge in [0.05, 0.1) is 12.7 Å². The highest BCUT2D eigenvalue weighted by atomic mass is 16.5. The molecule has 0 unspecified atom stereocenters. The van der Waals surface area contributed by atoms with Gasteiger partial charge in [-0.15, -0.1) is 0 Å². The Morgan fingerprint density at radius 3 is 2.94 bits per heavy atom. The number of hydrogen-bond donors (Lipinski definition) is 1. The van der Waals surface area contributed by atoms with E-state index in [1.54, 1.807) is 6.07 Å². The van der Waals surface area contributed by atoms with E-state index in [2.05, 4.69) is 5.32 Å². The van der Waals surface area contributed by atoms with E-state index in [1.807, 2.05) is 31.2 Å². The summed E-state index contributed by atoms with van der Waals surface area (Å²) in [5, 5.41) is 11.0. The average molecular weight is 218 g/mol. The predicted molar refractivity (Wildman–Crippen MR) is 59.7 cm³/mol. The number of amides is 1. The van der Waals surface area contributed by atoms with Crippen LogP contribution in [0, 0.1) is 11.3 Å². The van der Waals surface area contributed by atoms with Crippen LogP contribution >= 0.6 is 0 Å². The third-order valence-electron chi connectivity index (χ3n) is 1.99. The van der Waals surface area contributed by atoms with E-state index in [1.165, 1.54) is 0 Å². The van der Waals surface area contributed by atoms with Gasteiger partial charge in [-0.3, -0.25) is 4.79 Å². The van der Waals surface area contributed by atoms with Gasteiger partial charge in [-0.05, 0) is 13.0 Å². The lowest BCUT2D eigenvalue weighted by atomic mass is 10.2. The number of benzene rings is 1. The normalized spacial score (nSPS) is 9.25. The maximum Gasteiger partial charge on any atom is 0.234 e. The number of hydrogen-bond acceptors (Lipinski definition) is 3. The van der Waals surface area contributed by atoms with Crippen LogP contribution in [0.4, 0.5) is 0 Å². The van der Waals surface area contributed by atoms with E-state index in [4.69, 9.17) is 10.00 Å². The van der Waals surface area contributed by atoms with Crippen molar-refractivity contribution >= 4 is 5.91 Å². The van der Waals surface area contributed by atoms with Crippen LogP contribution in [-0.2, 0) is 11.3 Å². The van der Waals surface area contributed by atoms with Crippen molar-refractivity contribution < 1.29 is 9.53 Å². The van der Waals surface area contributed by atoms with E-state index in [0.717, 1.165) is 11.3 Å². The van der Waals surface area contributed by atoms with E-state index in [0.29, 0.717) is 13.2 Å². The second kappa shape index (κ2) is 6.46. The molecule has 0 radical (unpaired) electrons. The molecule has 1 rings (SSSR count). The first-order chi connectivity index (χ1) is 7.77. The first-order valence-corrected chi connectivity index (χ1v) is 5.12. The smallest absolute Gasteiger partial charge is 0.234 e. The lowest BCUT2D eigenvalue weighted by Gasteiger charge is -2.10. The van der Waals surface area contributed by atoms with Crippen LogP contribution < -0.4 is 10.1 Å². The molecule has 1 N–H and O–H groups in total. The molecule has 0 aromatic heterocycles. The van der Waals surface area contributed by atoms with Crippen molar-refractivity contribution in [1.82, 2.24) is 5.32 Å². The molecule has 16 heavy (non-hydrogen) atoms. The molecule has 0 saturated carbocycles. The van der Waals surface area contributed by atoms with Gasteiger partial charge in [0.15, 0.2) is 0 Å². The van der Waals surface area contributed by atoms with E-state index in [9.17, 15) is 4.79 Å². The SMILES string of the molecule is CCOc1ccccc1CNC(=O)CC#N. The molecule has 0 bridgehead atoms. The Morgan fingerprint density at radius 1 is 1.50 bits per heavy atom. The molecule has 0 spiro atoms. The monoisotopic (exact) mass is 218 g/mol. The average Bonchev–Trinajstić information content (AvgIpc) is 2.29. The van der Waals surface area contributed by atoms with Gasteiger partial charge in [-0.2, -0.15) is 5.26 Å². The Morgan fingerprint density at radius 2 is 2.25 bits per heavy atom. The Hall–Kier alpha value is -2.02. The van der Waals surface area contributed by atoms with E-state index < -0.39 is 0 Å². The molecular formula is C12H14N2O2. The fraction of sp³-hybridized carbons (Fsp3) is 0.333. The second-order valence-electron chi connectivity index (χ2n) is 3.15. The number of para-hydroxylation sites is 1. The standard InChI is InChI=1S/C12H14N2O2/c1-2-16-11-6-4-3-5-10(11)9-14-12(15)7-8-13/h3-6H,2,7,9H2,1H3,(H,14,15). The minimum Gasteiger partial charge on any atom is -0.494 e. The van der Waals surface area contributed by atoms with Crippen molar-refractivity contribution in [3.63, 3.8) is 0 Å². The zero-order chi connectivity index (χ0) is 11.8. The highest BCUT2D eigenvalue weighted by Gasteiger charge is 2.04. The fourth-order valence-electron chi connectivity index (χ4n) is 1.27. The van der Waals surface area contributed by atoms with Crippen molar-refractivity contribution in [2.24, 2.45) is 0 Å². The summed E-state index contributed by atoms with van der Waals surface area (Å²) in [7, 11) is 0. The van der Waals surface area contributed by atoms with E-state index in [-0.39, 0.29) is 12.3 Å². The molecule has 0 fully saturated rings.